The lowest BCUT2D eigenvalue weighted by Gasteiger charge is -2.29. The fourth-order valence-electron chi connectivity index (χ4n) is 4.92. The Hall–Kier alpha value is -3.67. The molecule has 0 fully saturated rings. The Bertz CT molecular complexity index is 1700. The van der Waals surface area contributed by atoms with Crippen LogP contribution < -0.4 is 24.8 Å². The van der Waals surface area contributed by atoms with Gasteiger partial charge in [-0.05, 0) is 83.7 Å². The van der Waals surface area contributed by atoms with Gasteiger partial charge in [-0.25, -0.2) is 4.68 Å². The first kappa shape index (κ1) is 32.7. The number of benzene rings is 3. The van der Waals surface area contributed by atoms with Crippen molar-refractivity contribution in [3.8, 4) is 17.2 Å². The van der Waals surface area contributed by atoms with Crippen molar-refractivity contribution in [2.45, 2.75) is 51.4 Å². The van der Waals surface area contributed by atoms with Gasteiger partial charge in [-0.15, -0.1) is 5.10 Å². The normalized spacial score (nSPS) is 14.0. The third kappa shape index (κ3) is 7.59. The van der Waals surface area contributed by atoms with Gasteiger partial charge in [-0.2, -0.15) is 4.98 Å². The van der Waals surface area contributed by atoms with Gasteiger partial charge in [-0.3, -0.25) is 4.79 Å². The molecule has 4 aromatic rings. The van der Waals surface area contributed by atoms with Gasteiger partial charge in [-0.1, -0.05) is 61.0 Å². The van der Waals surface area contributed by atoms with E-state index in [4.69, 9.17) is 35.9 Å². The van der Waals surface area contributed by atoms with Crippen molar-refractivity contribution in [3.05, 3.63) is 92.6 Å². The average Bonchev–Trinajstić information content (AvgIpc) is 3.43. The van der Waals surface area contributed by atoms with E-state index in [2.05, 4.69) is 33.5 Å². The Morgan fingerprint density at radius 2 is 1.89 bits per heavy atom. The summed E-state index contributed by atoms with van der Waals surface area (Å²) in [4.78, 5) is 18.9. The number of para-hydroxylation sites is 2. The molecule has 1 amide bonds. The average molecular weight is 713 g/mol. The van der Waals surface area contributed by atoms with E-state index in [1.165, 1.54) is 0 Å². The number of halogens is 2. The summed E-state index contributed by atoms with van der Waals surface area (Å²) in [6.07, 6.45) is 2.13. The van der Waals surface area contributed by atoms with Crippen molar-refractivity contribution < 1.29 is 19.0 Å². The first-order chi connectivity index (χ1) is 21.8. The number of thioether (sulfide) groups is 1. The standard InChI is InChI=1S/C33H35BrClN5O4S/c1-5-7-16-45-33-38-32-36-20(3)28(31(41)37-25-10-8-9-11-26(25)43-6-2)29(40(32)39-33)22-17-24(34)30(27(18-22)42-4)44-19-21-12-14-23(35)15-13-21/h8-15,17-18,29H,5-7,16,19H2,1-4H3,(H,37,41)(H,36,38,39). The number of methoxy groups -OCH3 is 1. The van der Waals surface area contributed by atoms with Crippen LogP contribution in [0.25, 0.3) is 0 Å². The van der Waals surface area contributed by atoms with Gasteiger partial charge in [0, 0.05) is 16.5 Å². The summed E-state index contributed by atoms with van der Waals surface area (Å²) in [5, 5.41) is 12.5. The molecule has 1 atom stereocenters. The third-order valence-corrected chi connectivity index (χ3v) is 8.87. The molecule has 1 aliphatic rings. The van der Waals surface area contributed by atoms with Gasteiger partial charge in [0.05, 0.1) is 29.4 Å². The molecule has 1 aromatic heterocycles. The fraction of sp³-hybridized carbons (Fsp3) is 0.303. The minimum atomic E-state index is -0.621. The maximum Gasteiger partial charge on any atom is 0.255 e. The van der Waals surface area contributed by atoms with Crippen molar-refractivity contribution >= 4 is 56.8 Å². The van der Waals surface area contributed by atoms with Crippen LogP contribution >= 0.6 is 39.3 Å². The number of nitrogens with zero attached hydrogens (tertiary/aromatic N) is 3. The second-order valence-corrected chi connectivity index (χ2v) is 12.6. The molecule has 0 saturated carbocycles. The van der Waals surface area contributed by atoms with Crippen LogP contribution in [-0.4, -0.2) is 40.1 Å². The molecular weight excluding hydrogens is 678 g/mol. The Kier molecular flexibility index (Phi) is 11.0. The quantitative estimate of drug-likeness (QED) is 0.105. The number of fused-ring (bicyclic) bond motifs is 1. The van der Waals surface area contributed by atoms with Crippen LogP contribution in [0.4, 0.5) is 11.6 Å². The Morgan fingerprint density at radius 3 is 2.62 bits per heavy atom. The highest BCUT2D eigenvalue weighted by atomic mass is 79.9. The summed E-state index contributed by atoms with van der Waals surface area (Å²) in [5.41, 5.74) is 3.44. The van der Waals surface area contributed by atoms with Gasteiger partial charge in [0.15, 0.2) is 11.5 Å². The van der Waals surface area contributed by atoms with E-state index in [9.17, 15) is 4.79 Å². The van der Waals surface area contributed by atoms with Gasteiger partial charge in [0.1, 0.15) is 18.4 Å². The largest absolute Gasteiger partial charge is 0.493 e. The molecule has 0 bridgehead atoms. The van der Waals surface area contributed by atoms with Crippen LogP contribution in [0.1, 0.15) is 50.8 Å². The summed E-state index contributed by atoms with van der Waals surface area (Å²) < 4.78 is 20.2. The van der Waals surface area contributed by atoms with E-state index in [0.717, 1.165) is 29.7 Å². The highest BCUT2D eigenvalue weighted by Crippen LogP contribution is 2.44. The Morgan fingerprint density at radius 1 is 1.11 bits per heavy atom. The van der Waals surface area contributed by atoms with Gasteiger partial charge < -0.3 is 24.8 Å². The number of unbranched alkanes of at least 4 members (excludes halogenated alkanes) is 1. The van der Waals surface area contributed by atoms with E-state index in [0.29, 0.717) is 68.0 Å². The fourth-order valence-corrected chi connectivity index (χ4v) is 6.53. The summed E-state index contributed by atoms with van der Waals surface area (Å²) >= 11 is 11.3. The number of carbonyl (C=O) groups excluding carboxylic acids is 1. The van der Waals surface area contributed by atoms with Crippen LogP contribution in [-0.2, 0) is 11.4 Å². The number of carbonyl (C=O) groups is 1. The topological polar surface area (TPSA) is 99.5 Å². The van der Waals surface area contributed by atoms with E-state index >= 15 is 0 Å². The van der Waals surface area contributed by atoms with E-state index in [-0.39, 0.29) is 5.91 Å². The van der Waals surface area contributed by atoms with Crippen LogP contribution in [0.3, 0.4) is 0 Å². The van der Waals surface area contributed by atoms with Crippen LogP contribution in [0, 0.1) is 0 Å². The SMILES string of the molecule is CCCCSc1nc2n(n1)C(c1cc(Br)c(OCc3ccc(Cl)cc3)c(OC)c1)C(C(=O)Nc1ccccc1OCC)=C(C)N2. The number of amides is 1. The maximum absolute atomic E-state index is 14.1. The molecule has 12 heteroatoms. The molecule has 0 radical (unpaired) electrons. The molecule has 2 heterocycles. The van der Waals surface area contributed by atoms with Crippen molar-refractivity contribution in [1.29, 1.82) is 0 Å². The Labute approximate surface area is 280 Å². The number of hydrogen-bond acceptors (Lipinski definition) is 8. The molecule has 2 N–H and O–H groups in total. The zero-order valence-corrected chi connectivity index (χ0v) is 28.7. The minimum Gasteiger partial charge on any atom is -0.493 e. The lowest BCUT2D eigenvalue weighted by molar-refractivity contribution is -0.113. The predicted molar refractivity (Wildman–Crippen MR) is 183 cm³/mol. The molecule has 3 aromatic carbocycles. The highest BCUT2D eigenvalue weighted by molar-refractivity contribution is 9.10. The lowest BCUT2D eigenvalue weighted by Crippen LogP contribution is -2.31. The molecule has 9 nitrogen and oxygen atoms in total. The van der Waals surface area contributed by atoms with Crippen molar-refractivity contribution in [1.82, 2.24) is 14.8 Å². The number of anilines is 2. The van der Waals surface area contributed by atoms with Gasteiger partial charge in [0.2, 0.25) is 11.1 Å². The van der Waals surface area contributed by atoms with Gasteiger partial charge >= 0.3 is 0 Å². The molecule has 0 aliphatic carbocycles. The molecule has 236 valence electrons. The van der Waals surface area contributed by atoms with Crippen LogP contribution in [0.2, 0.25) is 5.02 Å². The summed E-state index contributed by atoms with van der Waals surface area (Å²) in [7, 11) is 1.59. The van der Waals surface area contributed by atoms with Crippen molar-refractivity contribution in [2.24, 2.45) is 0 Å². The van der Waals surface area contributed by atoms with E-state index < -0.39 is 6.04 Å². The second kappa shape index (κ2) is 15.1. The monoisotopic (exact) mass is 711 g/mol. The number of rotatable bonds is 13. The Balaban J connectivity index is 1.54. The summed E-state index contributed by atoms with van der Waals surface area (Å²) in [6, 6.07) is 18.0. The molecule has 5 rings (SSSR count). The van der Waals surface area contributed by atoms with Crippen molar-refractivity contribution in [3.63, 3.8) is 0 Å². The summed E-state index contributed by atoms with van der Waals surface area (Å²) in [6.45, 7) is 6.72. The number of ether oxygens (including phenoxy) is 3. The molecular formula is C33H35BrClN5O4S. The number of hydrogen-bond donors (Lipinski definition) is 2. The van der Waals surface area contributed by atoms with E-state index in [1.807, 2.05) is 74.5 Å². The third-order valence-electron chi connectivity index (χ3n) is 7.11. The molecule has 1 aliphatic heterocycles. The first-order valence-corrected chi connectivity index (χ1v) is 16.8. The van der Waals surface area contributed by atoms with Crippen LogP contribution in [0.5, 0.6) is 17.2 Å². The van der Waals surface area contributed by atoms with E-state index in [1.54, 1.807) is 23.6 Å². The summed E-state index contributed by atoms with van der Waals surface area (Å²) in [5.74, 6) is 2.80. The smallest absolute Gasteiger partial charge is 0.255 e. The predicted octanol–water partition coefficient (Wildman–Crippen LogP) is 8.50. The molecule has 0 spiro atoms. The minimum absolute atomic E-state index is 0.295. The molecule has 0 saturated heterocycles. The number of aromatic nitrogens is 3. The second-order valence-electron chi connectivity index (χ2n) is 10.3. The van der Waals surface area contributed by atoms with Crippen molar-refractivity contribution in [2.75, 3.05) is 30.1 Å². The number of nitrogens with one attached hydrogen (secondary N) is 2. The lowest BCUT2D eigenvalue weighted by atomic mass is 9.94. The number of allylic oxidation sites excluding steroid dienone is 1. The van der Waals surface area contributed by atoms with Crippen LogP contribution in [0.15, 0.2) is 81.6 Å². The zero-order valence-electron chi connectivity index (χ0n) is 25.5. The highest BCUT2D eigenvalue weighted by Gasteiger charge is 2.35. The zero-order chi connectivity index (χ0) is 31.9. The maximum atomic E-state index is 14.1. The molecule has 1 unspecified atom stereocenters. The first-order valence-electron chi connectivity index (χ1n) is 14.7. The molecule has 45 heavy (non-hydrogen) atoms. The van der Waals surface area contributed by atoms with Gasteiger partial charge in [0.25, 0.3) is 5.91 Å².